The minimum atomic E-state index is -3.79. The fraction of sp³-hybridized carbons (Fsp3) is 0.500. The molecule has 6 nitrogen and oxygen atoms in total. The van der Waals surface area contributed by atoms with E-state index in [1.807, 2.05) is 13.8 Å². The minimum absolute atomic E-state index is 0.0889. The molecule has 0 saturated heterocycles. The molecule has 1 atom stereocenters. The number of sulfonamides is 1. The van der Waals surface area contributed by atoms with Crippen molar-refractivity contribution in [3.05, 3.63) is 23.8 Å². The molecule has 4 N–H and O–H groups in total. The Bertz CT molecular complexity index is 612. The first-order valence-corrected chi connectivity index (χ1v) is 8.28. The highest BCUT2D eigenvalue weighted by Gasteiger charge is 2.23. The zero-order chi connectivity index (χ0) is 16.2. The average Bonchev–Trinajstić information content (AvgIpc) is 2.37. The van der Waals surface area contributed by atoms with Gasteiger partial charge >= 0.3 is 0 Å². The van der Waals surface area contributed by atoms with E-state index in [1.54, 1.807) is 19.1 Å². The molecule has 0 aliphatic heterocycles. The Kier molecular flexibility index (Phi) is 5.74. The lowest BCUT2D eigenvalue weighted by atomic mass is 10.2. The Labute approximate surface area is 126 Å². The number of benzene rings is 1. The topological polar surface area (TPSA) is 101 Å². The molecule has 1 aromatic rings. The Balaban J connectivity index is 2.85. The van der Waals surface area contributed by atoms with Gasteiger partial charge in [0.05, 0.1) is 10.9 Å². The maximum absolute atomic E-state index is 12.3. The number of carbonyl (C=O) groups excluding carboxylic acids is 1. The molecular weight excluding hydrogens is 290 g/mol. The number of anilines is 1. The van der Waals surface area contributed by atoms with Crippen molar-refractivity contribution in [1.29, 1.82) is 0 Å². The maximum Gasteiger partial charge on any atom is 0.241 e. The fourth-order valence-corrected chi connectivity index (χ4v) is 3.20. The van der Waals surface area contributed by atoms with Crippen LogP contribution in [0.3, 0.4) is 0 Å². The van der Waals surface area contributed by atoms with Crippen LogP contribution in [0.25, 0.3) is 0 Å². The first kappa shape index (κ1) is 17.5. The van der Waals surface area contributed by atoms with Crippen molar-refractivity contribution in [2.24, 2.45) is 5.92 Å². The van der Waals surface area contributed by atoms with Crippen LogP contribution in [0.5, 0.6) is 0 Å². The number of rotatable bonds is 6. The summed E-state index contributed by atoms with van der Waals surface area (Å²) < 4.78 is 27.0. The minimum Gasteiger partial charge on any atom is -0.399 e. The SMILES string of the molecule is Cc1ccc(N)cc1S(=O)(=O)NC(C)C(=O)NCC(C)C. The van der Waals surface area contributed by atoms with Gasteiger partial charge in [0.2, 0.25) is 15.9 Å². The second kappa shape index (κ2) is 6.91. The molecule has 0 aromatic heterocycles. The van der Waals surface area contributed by atoms with Crippen LogP contribution in [-0.4, -0.2) is 26.9 Å². The number of hydrogen-bond acceptors (Lipinski definition) is 4. The van der Waals surface area contributed by atoms with Gasteiger partial charge in [-0.2, -0.15) is 4.72 Å². The van der Waals surface area contributed by atoms with Crippen molar-refractivity contribution < 1.29 is 13.2 Å². The molecule has 1 aromatic carbocycles. The molecule has 0 saturated carbocycles. The van der Waals surface area contributed by atoms with Gasteiger partial charge in [-0.15, -0.1) is 0 Å². The molecule has 0 heterocycles. The summed E-state index contributed by atoms with van der Waals surface area (Å²) in [6.07, 6.45) is 0. The molecule has 0 radical (unpaired) electrons. The molecular formula is C14H23N3O3S. The summed E-state index contributed by atoms with van der Waals surface area (Å²) in [6.45, 7) is 7.62. The van der Waals surface area contributed by atoms with Crippen molar-refractivity contribution in [3.63, 3.8) is 0 Å². The van der Waals surface area contributed by atoms with Gasteiger partial charge in [-0.05, 0) is 37.5 Å². The summed E-state index contributed by atoms with van der Waals surface area (Å²) in [4.78, 5) is 11.9. The Morgan fingerprint density at radius 2 is 1.90 bits per heavy atom. The van der Waals surface area contributed by atoms with Crippen molar-refractivity contribution in [2.45, 2.75) is 38.6 Å². The highest BCUT2D eigenvalue weighted by molar-refractivity contribution is 7.89. The molecule has 0 aliphatic rings. The summed E-state index contributed by atoms with van der Waals surface area (Å²) in [5.74, 6) is -0.0530. The van der Waals surface area contributed by atoms with Crippen molar-refractivity contribution in [2.75, 3.05) is 12.3 Å². The van der Waals surface area contributed by atoms with E-state index in [1.165, 1.54) is 13.0 Å². The van der Waals surface area contributed by atoms with Gasteiger partial charge in [-0.25, -0.2) is 8.42 Å². The average molecular weight is 313 g/mol. The number of aryl methyl sites for hydroxylation is 1. The first-order valence-electron chi connectivity index (χ1n) is 6.79. The summed E-state index contributed by atoms with van der Waals surface area (Å²) in [7, 11) is -3.79. The summed E-state index contributed by atoms with van der Waals surface area (Å²) in [6, 6.07) is 3.80. The third-order valence-corrected chi connectivity index (χ3v) is 4.59. The van der Waals surface area contributed by atoms with Crippen LogP contribution in [0.1, 0.15) is 26.3 Å². The van der Waals surface area contributed by atoms with E-state index in [2.05, 4.69) is 10.0 Å². The van der Waals surface area contributed by atoms with Crippen LogP contribution in [0, 0.1) is 12.8 Å². The van der Waals surface area contributed by atoms with Gasteiger partial charge in [0.15, 0.2) is 0 Å². The highest BCUT2D eigenvalue weighted by atomic mass is 32.2. The van der Waals surface area contributed by atoms with E-state index in [4.69, 9.17) is 5.73 Å². The molecule has 0 spiro atoms. The van der Waals surface area contributed by atoms with E-state index in [9.17, 15) is 13.2 Å². The van der Waals surface area contributed by atoms with Crippen molar-refractivity contribution >= 4 is 21.6 Å². The summed E-state index contributed by atoms with van der Waals surface area (Å²) >= 11 is 0. The largest absolute Gasteiger partial charge is 0.399 e. The molecule has 0 aliphatic carbocycles. The summed E-state index contributed by atoms with van der Waals surface area (Å²) in [5.41, 5.74) is 6.56. The Morgan fingerprint density at radius 1 is 1.29 bits per heavy atom. The van der Waals surface area contributed by atoms with Crippen LogP contribution >= 0.6 is 0 Å². The smallest absolute Gasteiger partial charge is 0.241 e. The van der Waals surface area contributed by atoms with Crippen LogP contribution in [0.2, 0.25) is 0 Å². The van der Waals surface area contributed by atoms with Gasteiger partial charge in [0, 0.05) is 12.2 Å². The molecule has 1 amide bonds. The number of hydrogen-bond donors (Lipinski definition) is 3. The van der Waals surface area contributed by atoms with Gasteiger partial charge < -0.3 is 11.1 Å². The lowest BCUT2D eigenvalue weighted by Gasteiger charge is -2.16. The van der Waals surface area contributed by atoms with Gasteiger partial charge in [0.1, 0.15) is 0 Å². The zero-order valence-electron chi connectivity index (χ0n) is 12.8. The van der Waals surface area contributed by atoms with Crippen molar-refractivity contribution in [1.82, 2.24) is 10.0 Å². The number of amides is 1. The van der Waals surface area contributed by atoms with E-state index in [0.717, 1.165) is 0 Å². The second-order valence-corrected chi connectivity index (χ2v) is 7.19. The molecule has 1 unspecified atom stereocenters. The number of carbonyl (C=O) groups is 1. The molecule has 0 fully saturated rings. The van der Waals surface area contributed by atoms with Crippen LogP contribution in [0.4, 0.5) is 5.69 Å². The predicted molar refractivity (Wildman–Crippen MR) is 83.2 cm³/mol. The van der Waals surface area contributed by atoms with Crippen LogP contribution in [0.15, 0.2) is 23.1 Å². The first-order chi connectivity index (χ1) is 9.63. The Hall–Kier alpha value is -1.60. The van der Waals surface area contributed by atoms with Crippen LogP contribution in [-0.2, 0) is 14.8 Å². The second-order valence-electron chi connectivity index (χ2n) is 5.51. The van der Waals surface area contributed by atoms with Gasteiger partial charge in [0.25, 0.3) is 0 Å². The fourth-order valence-electron chi connectivity index (χ4n) is 1.71. The standard InChI is InChI=1S/C14H23N3O3S/c1-9(2)8-16-14(18)11(4)17-21(19,20)13-7-12(15)6-5-10(13)3/h5-7,9,11,17H,8,15H2,1-4H3,(H,16,18). The Morgan fingerprint density at radius 3 is 2.48 bits per heavy atom. The normalized spacial score (nSPS) is 13.2. The summed E-state index contributed by atoms with van der Waals surface area (Å²) in [5, 5.41) is 2.69. The van der Waals surface area contributed by atoms with E-state index < -0.39 is 16.1 Å². The van der Waals surface area contributed by atoms with Crippen molar-refractivity contribution in [3.8, 4) is 0 Å². The molecule has 21 heavy (non-hydrogen) atoms. The lowest BCUT2D eigenvalue weighted by molar-refractivity contribution is -0.122. The number of nitrogen functional groups attached to an aromatic ring is 1. The van der Waals surface area contributed by atoms with Crippen LogP contribution < -0.4 is 15.8 Å². The van der Waals surface area contributed by atoms with E-state index >= 15 is 0 Å². The third-order valence-electron chi connectivity index (χ3n) is 2.91. The van der Waals surface area contributed by atoms with Gasteiger partial charge in [-0.3, -0.25) is 4.79 Å². The monoisotopic (exact) mass is 313 g/mol. The molecule has 1 rings (SSSR count). The molecule has 7 heteroatoms. The lowest BCUT2D eigenvalue weighted by Crippen LogP contribution is -2.45. The van der Waals surface area contributed by atoms with E-state index in [-0.39, 0.29) is 10.8 Å². The molecule has 118 valence electrons. The van der Waals surface area contributed by atoms with E-state index in [0.29, 0.717) is 23.7 Å². The zero-order valence-corrected chi connectivity index (χ0v) is 13.6. The van der Waals surface area contributed by atoms with Gasteiger partial charge in [-0.1, -0.05) is 19.9 Å². The third kappa shape index (κ3) is 5.02. The predicted octanol–water partition coefficient (Wildman–Crippen LogP) is 1.02. The molecule has 0 bridgehead atoms. The quantitative estimate of drug-likeness (QED) is 0.682. The number of nitrogens with two attached hydrogens (primary N) is 1. The maximum atomic E-state index is 12.3. The number of nitrogens with one attached hydrogen (secondary N) is 2. The highest BCUT2D eigenvalue weighted by Crippen LogP contribution is 2.18.